The number of carbonyl (C=O) groups is 6. The summed E-state index contributed by atoms with van der Waals surface area (Å²) >= 11 is 0. The van der Waals surface area contributed by atoms with E-state index in [0.717, 1.165) is 345 Å². The molecular weight excluding hydrogens is 1630 g/mol. The number of hydrogen-bond donors (Lipinski definition) is 6. The van der Waals surface area contributed by atoms with Crippen molar-refractivity contribution in [2.75, 3.05) is 0 Å². The molecule has 0 amide bonds. The lowest BCUT2D eigenvalue weighted by molar-refractivity contribution is 0.0643. The predicted octanol–water partition coefficient (Wildman–Crippen LogP) is 41.1. The molecule has 6 atom stereocenters. The Morgan fingerprint density at radius 3 is 0.318 bits per heavy atom. The molecule has 0 heterocycles. The Morgan fingerprint density at radius 2 is 0.212 bits per heavy atom. The van der Waals surface area contributed by atoms with Crippen LogP contribution in [0.4, 0.5) is 0 Å². The van der Waals surface area contributed by atoms with Crippen LogP contribution in [0.1, 0.15) is 753 Å². The van der Waals surface area contributed by atoms with Crippen molar-refractivity contribution in [2.24, 2.45) is 0 Å². The van der Waals surface area contributed by atoms with Gasteiger partial charge in [0.1, 0.15) is 0 Å². The Bertz CT molecular complexity index is 3150. The second kappa shape index (κ2) is 86.6. The lowest BCUT2D eigenvalue weighted by Gasteiger charge is -2.33. The van der Waals surface area contributed by atoms with E-state index in [1.807, 2.05) is 0 Å². The lowest BCUT2D eigenvalue weighted by Crippen LogP contribution is -2.27. The molecular formula is C120H216O12. The molecule has 2 rings (SSSR count). The van der Waals surface area contributed by atoms with E-state index in [1.165, 1.54) is 180 Å². The van der Waals surface area contributed by atoms with Crippen molar-refractivity contribution in [3.63, 3.8) is 0 Å². The van der Waals surface area contributed by atoms with E-state index >= 15 is 0 Å². The first-order valence-corrected chi connectivity index (χ1v) is 58.2. The van der Waals surface area contributed by atoms with Crippen molar-refractivity contribution < 1.29 is 59.4 Å². The van der Waals surface area contributed by atoms with Gasteiger partial charge in [-0.25, -0.2) is 28.8 Å². The van der Waals surface area contributed by atoms with Crippen molar-refractivity contribution in [3.8, 4) is 0 Å². The van der Waals surface area contributed by atoms with Gasteiger partial charge in [0, 0.05) is 0 Å². The summed E-state index contributed by atoms with van der Waals surface area (Å²) in [5, 5.41) is 69.7. The van der Waals surface area contributed by atoms with E-state index < -0.39 is 35.8 Å². The van der Waals surface area contributed by atoms with Gasteiger partial charge in [-0.15, -0.1) is 0 Å². The second-order valence-electron chi connectivity index (χ2n) is 41.4. The van der Waals surface area contributed by atoms with Crippen molar-refractivity contribution in [3.05, 3.63) is 66.8 Å². The highest BCUT2D eigenvalue weighted by atomic mass is 16.4. The average Bonchev–Trinajstić information content (AvgIpc) is 0.734. The van der Waals surface area contributed by atoms with Crippen molar-refractivity contribution in [1.29, 1.82) is 0 Å². The maximum absolute atomic E-state index is 14.5. The molecule has 0 aromatic heterocycles. The highest BCUT2D eigenvalue weighted by Gasteiger charge is 2.43. The van der Waals surface area contributed by atoms with E-state index in [0.29, 0.717) is 47.9 Å². The van der Waals surface area contributed by atoms with Gasteiger partial charge in [0.05, 0.1) is 33.4 Å². The van der Waals surface area contributed by atoms with Crippen LogP contribution in [0, 0.1) is 0 Å². The van der Waals surface area contributed by atoms with E-state index in [4.69, 9.17) is 0 Å². The third kappa shape index (κ3) is 55.2. The molecule has 0 aliphatic rings. The number of rotatable bonds is 96. The molecule has 132 heavy (non-hydrogen) atoms. The van der Waals surface area contributed by atoms with Crippen LogP contribution in [0.3, 0.4) is 0 Å². The monoisotopic (exact) mass is 1850 g/mol. The molecule has 0 bridgehead atoms. The summed E-state index contributed by atoms with van der Waals surface area (Å²) in [5.41, 5.74) is 3.21. The Balaban J connectivity index is 0.00000133. The molecule has 2 aromatic rings. The highest BCUT2D eigenvalue weighted by molar-refractivity contribution is 6.09. The molecule has 0 spiro atoms. The molecule has 12 nitrogen and oxygen atoms in total. The minimum absolute atomic E-state index is 0.0588. The number of carboxylic acids is 6. The molecule has 768 valence electrons. The Hall–Kier alpha value is -4.74. The number of carboxylic acid groups (broad SMARTS) is 6. The van der Waals surface area contributed by atoms with Gasteiger partial charge in [-0.2, -0.15) is 0 Å². The Morgan fingerprint density at radius 1 is 0.129 bits per heavy atom. The van der Waals surface area contributed by atoms with E-state index in [-0.39, 0.29) is 68.9 Å². The van der Waals surface area contributed by atoms with E-state index in [9.17, 15) is 59.4 Å². The van der Waals surface area contributed by atoms with Crippen LogP contribution in [0.15, 0.2) is 0 Å². The molecule has 6 unspecified atom stereocenters. The van der Waals surface area contributed by atoms with Gasteiger partial charge >= 0.3 is 35.8 Å². The molecule has 2 aromatic carbocycles. The Labute approximate surface area is 815 Å². The molecule has 6 N–H and O–H groups in total. The van der Waals surface area contributed by atoms with Crippen LogP contribution >= 0.6 is 0 Å². The summed E-state index contributed by atoms with van der Waals surface area (Å²) < 4.78 is 0. The van der Waals surface area contributed by atoms with Gasteiger partial charge in [0.2, 0.25) is 0 Å². The summed E-state index contributed by atoms with van der Waals surface area (Å²) in [4.78, 5) is 85.4. The van der Waals surface area contributed by atoms with Crippen molar-refractivity contribution >= 4 is 35.8 Å². The van der Waals surface area contributed by atoms with Crippen LogP contribution in [-0.2, 0) is 0 Å². The first kappa shape index (κ1) is 125. The first-order valence-electron chi connectivity index (χ1n) is 58.2. The molecule has 0 saturated heterocycles. The van der Waals surface area contributed by atoms with E-state index in [2.05, 4.69) is 83.1 Å². The molecule has 0 radical (unpaired) electrons. The van der Waals surface area contributed by atoms with Crippen molar-refractivity contribution in [2.45, 2.75) is 658 Å². The smallest absolute Gasteiger partial charge is 0.336 e. The quantitative estimate of drug-likeness (QED) is 0.0340. The van der Waals surface area contributed by atoms with Crippen LogP contribution in [0.2, 0.25) is 0 Å². The van der Waals surface area contributed by atoms with Crippen LogP contribution in [-0.4, -0.2) is 66.5 Å². The summed E-state index contributed by atoms with van der Waals surface area (Å²) in [5.74, 6) is -8.27. The number of benzene rings is 2. The maximum atomic E-state index is 14.5. The van der Waals surface area contributed by atoms with Gasteiger partial charge < -0.3 is 30.6 Å². The van der Waals surface area contributed by atoms with E-state index in [1.54, 1.807) is 0 Å². The first-order chi connectivity index (χ1) is 64.3. The molecule has 0 fully saturated rings. The zero-order chi connectivity index (χ0) is 97.3. The second-order valence-corrected chi connectivity index (χ2v) is 41.4. The van der Waals surface area contributed by atoms with Gasteiger partial charge in [-0.05, 0) is 146 Å². The normalized spacial score (nSPS) is 13.0. The predicted molar refractivity (Wildman–Crippen MR) is 567 cm³/mol. The van der Waals surface area contributed by atoms with Gasteiger partial charge in [-0.3, -0.25) is 0 Å². The minimum atomic E-state index is -1.27. The SMILES string of the molecule is CCCCCCCCC(CCCCCCC)c1c(C(=O)O)c(C(=O)O)c(C(CCCCCCC)CCCCCCCC)c(C(CCCCCCC)CCCCCCCC)c1C(=O)O.CCCCCCCCCC(CCCCCCCC)c1c(C(=O)O)c(C(=O)O)c(C(CCCCCCCC)CCCCCCCCC)c(C(CCCCCCCC)CCCCCCCCC)c1C(=O)O. The number of hydrogen-bond acceptors (Lipinski definition) is 6. The summed E-state index contributed by atoms with van der Waals surface area (Å²) in [6.07, 6.45) is 89.3. The highest BCUT2D eigenvalue weighted by Crippen LogP contribution is 2.51. The van der Waals surface area contributed by atoms with Crippen LogP contribution in [0.25, 0.3) is 0 Å². The summed E-state index contributed by atoms with van der Waals surface area (Å²) in [7, 11) is 0. The van der Waals surface area contributed by atoms with Crippen LogP contribution in [0.5, 0.6) is 0 Å². The van der Waals surface area contributed by atoms with Gasteiger partial charge in [0.25, 0.3) is 0 Å². The maximum Gasteiger partial charge on any atom is 0.336 e. The minimum Gasteiger partial charge on any atom is -0.478 e. The Kier molecular flexibility index (Phi) is 82.2. The van der Waals surface area contributed by atoms with Crippen LogP contribution < -0.4 is 0 Å². The topological polar surface area (TPSA) is 224 Å². The fourth-order valence-electron chi connectivity index (χ4n) is 22.1. The standard InChI is InChI=1S/C63H114O6.C57H102O6/c1-7-13-19-25-31-37-43-47-52(46-40-34-28-22-16-10-4)55-56(53(48-41-35-29-23-17-11-5)49-44-38-32-26-20-14-8-2)59(62(66)67)60(63(68)69)57(58(55)61(64)65)54(50-42-36-30-24-18-12-6)51-45-39-33-27-21-15-9-3;1-7-13-19-25-31-37-42-46(40-34-28-22-16-10-4)49-50(47(41-35-29-23-17-11-5)43-38-32-26-20-14-8-2)53(56(60)61)54(57(62)63)51(52(49)55(58)59)48(44-36-30-24-18-12-6)45-39-33-27-21-15-9-3/h52-54H,7-51H2,1-6H3,(H,64,65)(H,66,67)(H,68,69);46-48H,7-45H2,1-6H3,(H,58,59)(H,60,61)(H,62,63). The van der Waals surface area contributed by atoms with Crippen molar-refractivity contribution in [1.82, 2.24) is 0 Å². The fourth-order valence-corrected chi connectivity index (χ4v) is 22.1. The number of unbranched alkanes of at least 4 members (excludes halogenated alkanes) is 60. The number of aromatic carboxylic acids is 6. The zero-order valence-corrected chi connectivity index (χ0v) is 89.0. The van der Waals surface area contributed by atoms with Gasteiger partial charge in [0.15, 0.2) is 0 Å². The molecule has 0 aliphatic carbocycles. The zero-order valence-electron chi connectivity index (χ0n) is 89.0. The third-order valence-corrected chi connectivity index (χ3v) is 29.8. The molecule has 12 heteroatoms. The molecule has 0 saturated carbocycles. The van der Waals surface area contributed by atoms with Gasteiger partial charge in [-0.1, -0.05) is 545 Å². The third-order valence-electron chi connectivity index (χ3n) is 29.8. The molecule has 0 aliphatic heterocycles. The lowest BCUT2D eigenvalue weighted by atomic mass is 9.69. The average molecular weight is 1850 g/mol. The summed E-state index contributed by atoms with van der Waals surface area (Å²) in [6, 6.07) is 0. The fraction of sp³-hybridized carbons (Fsp3) is 0.850. The summed E-state index contributed by atoms with van der Waals surface area (Å²) in [6.45, 7) is 26.7. The largest absolute Gasteiger partial charge is 0.478 e.